The molecule has 1 saturated heterocycles. The molecule has 0 bridgehead atoms. The number of nitrogens with zero attached hydrogens (tertiary/aromatic N) is 1. The Bertz CT molecular complexity index is 443. The molecule has 0 saturated carbocycles. The number of nitrogens with one attached hydrogen (secondary N) is 1. The van der Waals surface area contributed by atoms with E-state index in [2.05, 4.69) is 28.6 Å². The fourth-order valence-corrected chi connectivity index (χ4v) is 4.08. The van der Waals surface area contributed by atoms with Gasteiger partial charge in [-0.15, -0.1) is 11.3 Å². The van der Waals surface area contributed by atoms with Gasteiger partial charge in [0.25, 0.3) is 0 Å². The number of rotatable bonds is 1. The third kappa shape index (κ3) is 2.19. The van der Waals surface area contributed by atoms with Crippen molar-refractivity contribution in [1.82, 2.24) is 10.2 Å². The number of carbonyl (C=O) groups is 1. The smallest absolute Gasteiger partial charge is 0.230 e. The molecule has 1 aromatic rings. The summed E-state index contributed by atoms with van der Waals surface area (Å²) in [5, 5.41) is 5.53. The third-order valence-electron chi connectivity index (χ3n) is 4.03. The molecule has 0 aromatic carbocycles. The van der Waals surface area contributed by atoms with E-state index in [1.165, 1.54) is 10.4 Å². The molecule has 2 aliphatic rings. The van der Waals surface area contributed by atoms with Gasteiger partial charge >= 0.3 is 0 Å². The van der Waals surface area contributed by atoms with E-state index in [-0.39, 0.29) is 5.92 Å². The number of fused-ring (bicyclic) bond motifs is 1. The zero-order chi connectivity index (χ0) is 12.5. The molecule has 1 fully saturated rings. The lowest BCUT2D eigenvalue weighted by molar-refractivity contribution is -0.134. The Morgan fingerprint density at radius 2 is 2.44 bits per heavy atom. The van der Waals surface area contributed by atoms with Crippen LogP contribution in [0.5, 0.6) is 0 Å². The van der Waals surface area contributed by atoms with Gasteiger partial charge in [-0.25, -0.2) is 0 Å². The standard InChI is InChI=1S/C14H20N2OS/c1-10-9-16(7-6-15-10)14(17)12-3-2-4-13-11(12)5-8-18-13/h5,8,10,12,15H,2-4,6-7,9H2,1H3. The van der Waals surface area contributed by atoms with E-state index in [0.717, 1.165) is 38.9 Å². The number of hydrogen-bond acceptors (Lipinski definition) is 3. The highest BCUT2D eigenvalue weighted by Crippen LogP contribution is 2.36. The van der Waals surface area contributed by atoms with Crippen molar-refractivity contribution in [3.8, 4) is 0 Å². The molecule has 3 nitrogen and oxygen atoms in total. The summed E-state index contributed by atoms with van der Waals surface area (Å²) in [6.45, 7) is 4.79. The minimum atomic E-state index is 0.130. The zero-order valence-electron chi connectivity index (χ0n) is 10.8. The van der Waals surface area contributed by atoms with Crippen LogP contribution in [0.2, 0.25) is 0 Å². The van der Waals surface area contributed by atoms with Crippen LogP contribution in [-0.2, 0) is 11.2 Å². The van der Waals surface area contributed by atoms with Crippen LogP contribution in [0.1, 0.15) is 36.1 Å². The monoisotopic (exact) mass is 264 g/mol. The van der Waals surface area contributed by atoms with Crippen LogP contribution < -0.4 is 5.32 Å². The lowest BCUT2D eigenvalue weighted by Crippen LogP contribution is -2.52. The van der Waals surface area contributed by atoms with Crippen molar-refractivity contribution in [1.29, 1.82) is 0 Å². The summed E-state index contributed by atoms with van der Waals surface area (Å²) in [4.78, 5) is 16.1. The lowest BCUT2D eigenvalue weighted by atomic mass is 9.86. The summed E-state index contributed by atoms with van der Waals surface area (Å²) in [6.07, 6.45) is 3.35. The normalized spacial score (nSPS) is 27.9. The SMILES string of the molecule is CC1CN(C(=O)C2CCCc3sccc32)CCN1. The van der Waals surface area contributed by atoms with Gasteiger partial charge in [-0.2, -0.15) is 0 Å². The maximum atomic E-state index is 12.7. The number of piperazine rings is 1. The first-order valence-electron chi connectivity index (χ1n) is 6.84. The molecule has 2 atom stereocenters. The van der Waals surface area contributed by atoms with Crippen LogP contribution in [-0.4, -0.2) is 36.5 Å². The van der Waals surface area contributed by atoms with E-state index < -0.39 is 0 Å². The van der Waals surface area contributed by atoms with Crippen molar-refractivity contribution < 1.29 is 4.79 Å². The first kappa shape index (κ1) is 12.2. The minimum Gasteiger partial charge on any atom is -0.339 e. The second kappa shape index (κ2) is 5.02. The Kier molecular flexibility index (Phi) is 3.39. The number of thiophene rings is 1. The molecule has 0 radical (unpaired) electrons. The summed E-state index contributed by atoms with van der Waals surface area (Å²) in [6, 6.07) is 2.58. The highest BCUT2D eigenvalue weighted by molar-refractivity contribution is 7.10. The predicted molar refractivity (Wildman–Crippen MR) is 74.0 cm³/mol. The van der Waals surface area contributed by atoms with Gasteiger partial charge in [0, 0.05) is 30.6 Å². The van der Waals surface area contributed by atoms with Crippen molar-refractivity contribution in [2.45, 2.75) is 38.1 Å². The molecule has 1 N–H and O–H groups in total. The van der Waals surface area contributed by atoms with Crippen LogP contribution in [0.3, 0.4) is 0 Å². The summed E-state index contributed by atoms with van der Waals surface area (Å²) in [5.41, 5.74) is 1.31. The first-order chi connectivity index (χ1) is 8.75. The molecule has 98 valence electrons. The molecule has 18 heavy (non-hydrogen) atoms. The molecular weight excluding hydrogens is 244 g/mol. The minimum absolute atomic E-state index is 0.130. The maximum Gasteiger partial charge on any atom is 0.230 e. The van der Waals surface area contributed by atoms with Gasteiger partial charge in [0.05, 0.1) is 5.92 Å². The molecule has 0 spiro atoms. The highest BCUT2D eigenvalue weighted by atomic mass is 32.1. The second-order valence-corrected chi connectivity index (χ2v) is 6.38. The largest absolute Gasteiger partial charge is 0.339 e. The van der Waals surface area contributed by atoms with Gasteiger partial charge < -0.3 is 10.2 Å². The highest BCUT2D eigenvalue weighted by Gasteiger charge is 2.32. The van der Waals surface area contributed by atoms with Gasteiger partial charge in [-0.3, -0.25) is 4.79 Å². The third-order valence-corrected chi connectivity index (χ3v) is 5.03. The van der Waals surface area contributed by atoms with Crippen molar-refractivity contribution in [3.05, 3.63) is 21.9 Å². The molecule has 1 aliphatic heterocycles. The van der Waals surface area contributed by atoms with E-state index in [4.69, 9.17) is 0 Å². The molecular formula is C14H20N2OS. The van der Waals surface area contributed by atoms with E-state index in [1.807, 2.05) is 11.3 Å². The number of aryl methyl sites for hydroxylation is 1. The van der Waals surface area contributed by atoms with Crippen LogP contribution in [0, 0.1) is 0 Å². The molecule has 1 amide bonds. The average Bonchev–Trinajstić information content (AvgIpc) is 2.86. The van der Waals surface area contributed by atoms with Crippen molar-refractivity contribution >= 4 is 17.2 Å². The van der Waals surface area contributed by atoms with E-state index >= 15 is 0 Å². The molecule has 4 heteroatoms. The van der Waals surface area contributed by atoms with E-state index in [0.29, 0.717) is 11.9 Å². The predicted octanol–water partition coefficient (Wildman–Crippen LogP) is 1.99. The van der Waals surface area contributed by atoms with E-state index in [9.17, 15) is 4.79 Å². The Hall–Kier alpha value is -0.870. The first-order valence-corrected chi connectivity index (χ1v) is 7.72. The quantitative estimate of drug-likeness (QED) is 0.841. The molecule has 3 rings (SSSR count). The maximum absolute atomic E-state index is 12.7. The molecule has 1 aromatic heterocycles. The van der Waals surface area contributed by atoms with Crippen molar-refractivity contribution in [2.24, 2.45) is 0 Å². The van der Waals surface area contributed by atoms with Crippen LogP contribution in [0.4, 0.5) is 0 Å². The Morgan fingerprint density at radius 3 is 3.28 bits per heavy atom. The average molecular weight is 264 g/mol. The summed E-state index contributed by atoms with van der Waals surface area (Å²) >= 11 is 1.81. The van der Waals surface area contributed by atoms with Crippen LogP contribution >= 0.6 is 11.3 Å². The van der Waals surface area contributed by atoms with Crippen LogP contribution in [0.25, 0.3) is 0 Å². The number of carbonyl (C=O) groups excluding carboxylic acids is 1. The lowest BCUT2D eigenvalue weighted by Gasteiger charge is -2.35. The zero-order valence-corrected chi connectivity index (χ0v) is 11.6. The van der Waals surface area contributed by atoms with Gasteiger partial charge in [0.2, 0.25) is 5.91 Å². The van der Waals surface area contributed by atoms with Crippen molar-refractivity contribution in [2.75, 3.05) is 19.6 Å². The summed E-state index contributed by atoms with van der Waals surface area (Å²) in [5.74, 6) is 0.480. The molecule has 2 unspecified atom stereocenters. The fourth-order valence-electron chi connectivity index (χ4n) is 3.10. The Morgan fingerprint density at radius 1 is 1.56 bits per heavy atom. The van der Waals surface area contributed by atoms with E-state index in [1.54, 1.807) is 0 Å². The number of amides is 1. The Labute approximate surface area is 112 Å². The summed E-state index contributed by atoms with van der Waals surface area (Å²) < 4.78 is 0. The second-order valence-electron chi connectivity index (χ2n) is 5.38. The van der Waals surface area contributed by atoms with Crippen molar-refractivity contribution in [3.63, 3.8) is 0 Å². The molecule has 1 aliphatic carbocycles. The van der Waals surface area contributed by atoms with Gasteiger partial charge in [-0.05, 0) is 43.2 Å². The van der Waals surface area contributed by atoms with Gasteiger partial charge in [0.1, 0.15) is 0 Å². The Balaban J connectivity index is 1.77. The fraction of sp³-hybridized carbons (Fsp3) is 0.643. The molecule has 2 heterocycles. The summed E-state index contributed by atoms with van der Waals surface area (Å²) in [7, 11) is 0. The van der Waals surface area contributed by atoms with Crippen LogP contribution in [0.15, 0.2) is 11.4 Å². The van der Waals surface area contributed by atoms with Gasteiger partial charge in [0.15, 0.2) is 0 Å². The number of hydrogen-bond donors (Lipinski definition) is 1. The van der Waals surface area contributed by atoms with Gasteiger partial charge in [-0.1, -0.05) is 0 Å². The topological polar surface area (TPSA) is 32.3 Å².